The van der Waals surface area contributed by atoms with E-state index in [4.69, 9.17) is 4.74 Å². The SMILES string of the molecule is CCNC(=NCc1ccc(C)c(F)c1)NCc1ccc(OC)cc1. The molecule has 0 amide bonds. The molecule has 0 saturated heterocycles. The quantitative estimate of drug-likeness (QED) is 0.631. The monoisotopic (exact) mass is 329 g/mol. The number of benzene rings is 2. The van der Waals surface area contributed by atoms with Crippen LogP contribution in [0.3, 0.4) is 0 Å². The highest BCUT2D eigenvalue weighted by Gasteiger charge is 2.01. The van der Waals surface area contributed by atoms with Gasteiger partial charge in [-0.2, -0.15) is 0 Å². The van der Waals surface area contributed by atoms with E-state index >= 15 is 0 Å². The van der Waals surface area contributed by atoms with Crippen molar-refractivity contribution in [3.63, 3.8) is 0 Å². The largest absolute Gasteiger partial charge is 0.497 e. The van der Waals surface area contributed by atoms with Crippen LogP contribution in [-0.2, 0) is 13.1 Å². The molecule has 0 aliphatic carbocycles. The zero-order valence-corrected chi connectivity index (χ0v) is 14.4. The second-order valence-electron chi connectivity index (χ2n) is 5.48. The van der Waals surface area contributed by atoms with Crippen molar-refractivity contribution in [1.29, 1.82) is 0 Å². The minimum Gasteiger partial charge on any atom is -0.497 e. The molecule has 0 atom stereocenters. The van der Waals surface area contributed by atoms with Crippen molar-refractivity contribution in [3.8, 4) is 5.75 Å². The number of methoxy groups -OCH3 is 1. The molecular weight excluding hydrogens is 305 g/mol. The lowest BCUT2D eigenvalue weighted by molar-refractivity contribution is 0.414. The number of nitrogens with zero attached hydrogens (tertiary/aromatic N) is 1. The lowest BCUT2D eigenvalue weighted by atomic mass is 10.1. The zero-order valence-electron chi connectivity index (χ0n) is 14.4. The highest BCUT2D eigenvalue weighted by atomic mass is 19.1. The van der Waals surface area contributed by atoms with E-state index < -0.39 is 0 Å². The van der Waals surface area contributed by atoms with Crippen LogP contribution < -0.4 is 15.4 Å². The fourth-order valence-corrected chi connectivity index (χ4v) is 2.18. The maximum Gasteiger partial charge on any atom is 0.191 e. The van der Waals surface area contributed by atoms with Crippen molar-refractivity contribution in [3.05, 3.63) is 65.0 Å². The Kier molecular flexibility index (Phi) is 6.61. The lowest BCUT2D eigenvalue weighted by Gasteiger charge is -2.12. The summed E-state index contributed by atoms with van der Waals surface area (Å²) in [6, 6.07) is 13.1. The normalized spacial score (nSPS) is 11.2. The first-order chi connectivity index (χ1) is 11.6. The third kappa shape index (κ3) is 5.26. The van der Waals surface area contributed by atoms with Crippen LogP contribution >= 0.6 is 0 Å². The first kappa shape index (κ1) is 17.8. The number of aryl methyl sites for hydroxylation is 1. The lowest BCUT2D eigenvalue weighted by Crippen LogP contribution is -2.36. The summed E-state index contributed by atoms with van der Waals surface area (Å²) in [6.07, 6.45) is 0. The number of hydrogen-bond acceptors (Lipinski definition) is 2. The van der Waals surface area contributed by atoms with E-state index in [-0.39, 0.29) is 5.82 Å². The van der Waals surface area contributed by atoms with Gasteiger partial charge in [0.2, 0.25) is 0 Å². The molecule has 2 aromatic carbocycles. The topological polar surface area (TPSA) is 45.7 Å². The van der Waals surface area contributed by atoms with Crippen molar-refractivity contribution in [2.75, 3.05) is 13.7 Å². The standard InChI is InChI=1S/C19H24FN3O/c1-4-21-19(22-12-15-7-9-17(24-3)10-8-15)23-13-16-6-5-14(2)18(20)11-16/h5-11H,4,12-13H2,1-3H3,(H2,21,22,23). The second kappa shape index (κ2) is 8.91. The molecule has 0 radical (unpaired) electrons. The van der Waals surface area contributed by atoms with Gasteiger partial charge < -0.3 is 15.4 Å². The van der Waals surface area contributed by atoms with Crippen LogP contribution in [0.25, 0.3) is 0 Å². The number of halogens is 1. The number of rotatable bonds is 6. The number of aliphatic imine (C=N–C) groups is 1. The Morgan fingerprint density at radius 1 is 1.08 bits per heavy atom. The Morgan fingerprint density at radius 2 is 1.79 bits per heavy atom. The first-order valence-corrected chi connectivity index (χ1v) is 8.02. The molecule has 0 aliphatic rings. The Morgan fingerprint density at radius 3 is 2.42 bits per heavy atom. The summed E-state index contributed by atoms with van der Waals surface area (Å²) in [4.78, 5) is 4.51. The van der Waals surface area contributed by atoms with Gasteiger partial charge in [0.25, 0.3) is 0 Å². The van der Waals surface area contributed by atoms with E-state index in [1.807, 2.05) is 37.3 Å². The third-order valence-electron chi connectivity index (χ3n) is 3.62. The minimum absolute atomic E-state index is 0.195. The van der Waals surface area contributed by atoms with Crippen LogP contribution in [0.1, 0.15) is 23.6 Å². The van der Waals surface area contributed by atoms with Crippen molar-refractivity contribution >= 4 is 5.96 Å². The summed E-state index contributed by atoms with van der Waals surface area (Å²) in [6.45, 7) is 5.60. The summed E-state index contributed by atoms with van der Waals surface area (Å²) < 4.78 is 18.7. The predicted molar refractivity (Wildman–Crippen MR) is 95.8 cm³/mol. The Bertz CT molecular complexity index is 684. The summed E-state index contributed by atoms with van der Waals surface area (Å²) in [5.74, 6) is 1.34. The number of ether oxygens (including phenoxy) is 1. The highest BCUT2D eigenvalue weighted by molar-refractivity contribution is 5.79. The van der Waals surface area contributed by atoms with Crippen molar-refractivity contribution in [2.24, 2.45) is 4.99 Å². The van der Waals surface area contributed by atoms with Gasteiger partial charge in [0.15, 0.2) is 5.96 Å². The third-order valence-corrected chi connectivity index (χ3v) is 3.62. The molecule has 2 aromatic rings. The summed E-state index contributed by atoms with van der Waals surface area (Å²) >= 11 is 0. The van der Waals surface area contributed by atoms with E-state index in [9.17, 15) is 4.39 Å². The molecule has 0 aromatic heterocycles. The Labute approximate surface area is 142 Å². The van der Waals surface area contributed by atoms with Gasteiger partial charge in [-0.1, -0.05) is 24.3 Å². The average Bonchev–Trinajstić information content (AvgIpc) is 2.60. The fraction of sp³-hybridized carbons (Fsp3) is 0.316. The van der Waals surface area contributed by atoms with Crippen molar-refractivity contribution in [2.45, 2.75) is 26.9 Å². The minimum atomic E-state index is -0.195. The molecule has 0 fully saturated rings. The zero-order chi connectivity index (χ0) is 17.4. The van der Waals surface area contributed by atoms with E-state index in [1.54, 1.807) is 20.1 Å². The van der Waals surface area contributed by atoms with Gasteiger partial charge in [-0.3, -0.25) is 0 Å². The molecule has 2 N–H and O–H groups in total. The molecule has 0 bridgehead atoms. The summed E-state index contributed by atoms with van der Waals surface area (Å²) in [5.41, 5.74) is 2.62. The molecule has 0 aliphatic heterocycles. The number of guanidine groups is 1. The maximum absolute atomic E-state index is 13.6. The van der Waals surface area contributed by atoms with Gasteiger partial charge >= 0.3 is 0 Å². The van der Waals surface area contributed by atoms with Gasteiger partial charge in [0, 0.05) is 13.1 Å². The van der Waals surface area contributed by atoms with Crippen LogP contribution in [0.5, 0.6) is 5.75 Å². The number of nitrogens with one attached hydrogen (secondary N) is 2. The summed E-state index contributed by atoms with van der Waals surface area (Å²) in [7, 11) is 1.65. The number of hydrogen-bond donors (Lipinski definition) is 2. The van der Waals surface area contributed by atoms with Gasteiger partial charge in [-0.25, -0.2) is 9.38 Å². The van der Waals surface area contributed by atoms with Crippen LogP contribution in [0.2, 0.25) is 0 Å². The predicted octanol–water partition coefficient (Wildman–Crippen LogP) is 3.40. The molecule has 4 nitrogen and oxygen atoms in total. The van der Waals surface area contributed by atoms with Crippen LogP contribution in [0, 0.1) is 12.7 Å². The van der Waals surface area contributed by atoms with E-state index in [1.165, 1.54) is 6.07 Å². The molecule has 2 rings (SSSR count). The van der Waals surface area contributed by atoms with Crippen LogP contribution in [0.15, 0.2) is 47.5 Å². The van der Waals surface area contributed by atoms with Gasteiger partial charge in [-0.05, 0) is 48.7 Å². The first-order valence-electron chi connectivity index (χ1n) is 8.02. The fourth-order valence-electron chi connectivity index (χ4n) is 2.18. The van der Waals surface area contributed by atoms with Gasteiger partial charge in [0.1, 0.15) is 11.6 Å². The van der Waals surface area contributed by atoms with Crippen LogP contribution in [-0.4, -0.2) is 19.6 Å². The molecule has 5 heteroatoms. The molecule has 0 unspecified atom stereocenters. The summed E-state index contributed by atoms with van der Waals surface area (Å²) in [5, 5.41) is 6.47. The molecule has 0 saturated carbocycles. The average molecular weight is 329 g/mol. The van der Waals surface area contributed by atoms with Gasteiger partial charge in [-0.15, -0.1) is 0 Å². The van der Waals surface area contributed by atoms with Gasteiger partial charge in [0.05, 0.1) is 13.7 Å². The highest BCUT2D eigenvalue weighted by Crippen LogP contribution is 2.11. The molecule has 24 heavy (non-hydrogen) atoms. The Hall–Kier alpha value is -2.56. The van der Waals surface area contributed by atoms with Crippen molar-refractivity contribution < 1.29 is 9.13 Å². The molecule has 0 spiro atoms. The van der Waals surface area contributed by atoms with E-state index in [2.05, 4.69) is 15.6 Å². The Balaban J connectivity index is 1.97. The van der Waals surface area contributed by atoms with Crippen LogP contribution in [0.4, 0.5) is 4.39 Å². The van der Waals surface area contributed by atoms with E-state index in [0.717, 1.165) is 23.4 Å². The molecular formula is C19H24FN3O. The molecule has 128 valence electrons. The molecule has 0 heterocycles. The van der Waals surface area contributed by atoms with E-state index in [0.29, 0.717) is 24.6 Å². The smallest absolute Gasteiger partial charge is 0.191 e. The second-order valence-corrected chi connectivity index (χ2v) is 5.48. The maximum atomic E-state index is 13.6. The van der Waals surface area contributed by atoms with Crippen molar-refractivity contribution in [1.82, 2.24) is 10.6 Å².